The highest BCUT2D eigenvalue weighted by Crippen LogP contribution is 2.23. The Morgan fingerprint density at radius 1 is 1.42 bits per heavy atom. The topological polar surface area (TPSA) is 111 Å². The molecule has 1 unspecified atom stereocenters. The molecule has 1 amide bonds. The highest BCUT2D eigenvalue weighted by atomic mass is 32.2. The number of anilines is 1. The van der Waals surface area contributed by atoms with Crippen LogP contribution < -0.4 is 11.1 Å². The number of hydrogen-bond donors (Lipinski definition) is 2. The van der Waals surface area contributed by atoms with Crippen molar-refractivity contribution < 1.29 is 9.72 Å². The molecule has 100 valence electrons. The number of nitrogens with one attached hydrogen (secondary N) is 1. The molecule has 1 aliphatic heterocycles. The average molecular weight is 280 g/mol. The number of aliphatic imine (C=N–C) groups is 1. The molecular weight excluding hydrogens is 268 g/mol. The number of benzene rings is 1. The van der Waals surface area contributed by atoms with Gasteiger partial charge in [-0.05, 0) is 18.6 Å². The van der Waals surface area contributed by atoms with Crippen LogP contribution in [0.15, 0.2) is 29.3 Å². The van der Waals surface area contributed by atoms with Crippen molar-refractivity contribution in [1.29, 1.82) is 0 Å². The maximum absolute atomic E-state index is 11.4. The van der Waals surface area contributed by atoms with E-state index in [2.05, 4.69) is 10.3 Å². The summed E-state index contributed by atoms with van der Waals surface area (Å²) in [5.41, 5.74) is 6.27. The fourth-order valence-corrected chi connectivity index (χ4v) is 2.46. The molecule has 7 nitrogen and oxygen atoms in total. The summed E-state index contributed by atoms with van der Waals surface area (Å²) in [4.78, 5) is 25.0. The third kappa shape index (κ3) is 3.44. The Labute approximate surface area is 113 Å². The summed E-state index contributed by atoms with van der Waals surface area (Å²) < 4.78 is 0. The number of nitro groups is 1. The minimum Gasteiger partial charge on any atom is -0.385 e. The molecule has 0 saturated heterocycles. The van der Waals surface area contributed by atoms with Gasteiger partial charge in [0.2, 0.25) is 0 Å². The lowest BCUT2D eigenvalue weighted by molar-refractivity contribution is -0.384. The molecule has 1 aromatic rings. The van der Waals surface area contributed by atoms with Crippen LogP contribution in [-0.4, -0.2) is 27.8 Å². The van der Waals surface area contributed by atoms with Crippen molar-refractivity contribution in [2.75, 3.05) is 11.9 Å². The van der Waals surface area contributed by atoms with E-state index in [0.29, 0.717) is 18.1 Å². The van der Waals surface area contributed by atoms with Crippen molar-refractivity contribution in [3.63, 3.8) is 0 Å². The molecule has 1 aromatic carbocycles. The molecule has 0 radical (unpaired) electrons. The minimum atomic E-state index is -0.447. The first-order valence-corrected chi connectivity index (χ1v) is 6.47. The monoisotopic (exact) mass is 280 g/mol. The quantitative estimate of drug-likeness (QED) is 0.622. The van der Waals surface area contributed by atoms with E-state index >= 15 is 0 Å². The zero-order chi connectivity index (χ0) is 13.8. The number of non-ortho nitro benzene ring substituents is 1. The van der Waals surface area contributed by atoms with Gasteiger partial charge in [0.15, 0.2) is 5.17 Å². The van der Waals surface area contributed by atoms with Crippen LogP contribution in [0.4, 0.5) is 11.4 Å². The van der Waals surface area contributed by atoms with Crippen molar-refractivity contribution in [2.24, 2.45) is 10.7 Å². The van der Waals surface area contributed by atoms with E-state index in [1.165, 1.54) is 23.9 Å². The molecule has 0 aromatic heterocycles. The number of amides is 1. The second kappa shape index (κ2) is 5.70. The van der Waals surface area contributed by atoms with Gasteiger partial charge < -0.3 is 11.1 Å². The maximum Gasteiger partial charge on any atom is 0.269 e. The zero-order valence-corrected chi connectivity index (χ0v) is 10.7. The summed E-state index contributed by atoms with van der Waals surface area (Å²) >= 11 is 1.26. The number of carbonyl (C=O) groups excluding carboxylic acids is 1. The second-order valence-electron chi connectivity index (χ2n) is 3.91. The molecule has 0 aliphatic carbocycles. The molecule has 0 bridgehead atoms. The van der Waals surface area contributed by atoms with E-state index < -0.39 is 4.92 Å². The molecule has 0 fully saturated rings. The summed E-state index contributed by atoms with van der Waals surface area (Å²) in [5, 5.41) is 13.7. The highest BCUT2D eigenvalue weighted by molar-refractivity contribution is 8.15. The fraction of sp³-hybridized carbons (Fsp3) is 0.273. The van der Waals surface area contributed by atoms with Crippen LogP contribution >= 0.6 is 11.8 Å². The average Bonchev–Trinajstić information content (AvgIpc) is 2.68. The van der Waals surface area contributed by atoms with Gasteiger partial charge in [-0.25, -0.2) is 0 Å². The van der Waals surface area contributed by atoms with Crippen molar-refractivity contribution in [2.45, 2.75) is 11.7 Å². The van der Waals surface area contributed by atoms with Crippen molar-refractivity contribution in [3.8, 4) is 0 Å². The summed E-state index contributed by atoms with van der Waals surface area (Å²) in [6, 6.07) is 6.12. The summed E-state index contributed by atoms with van der Waals surface area (Å²) in [7, 11) is 0. The number of carbonyl (C=O) groups is 1. The van der Waals surface area contributed by atoms with Gasteiger partial charge >= 0.3 is 0 Å². The summed E-state index contributed by atoms with van der Waals surface area (Å²) in [5.74, 6) is -0.201. The van der Waals surface area contributed by atoms with Crippen LogP contribution in [-0.2, 0) is 4.79 Å². The van der Waals surface area contributed by atoms with Gasteiger partial charge in [-0.2, -0.15) is 4.99 Å². The third-order valence-electron chi connectivity index (χ3n) is 2.57. The molecule has 3 N–H and O–H groups in total. The molecule has 1 heterocycles. The Bertz CT molecular complexity index is 529. The first-order valence-electron chi connectivity index (χ1n) is 5.59. The molecule has 1 atom stereocenters. The Morgan fingerprint density at radius 3 is 2.63 bits per heavy atom. The van der Waals surface area contributed by atoms with Gasteiger partial charge in [0.1, 0.15) is 0 Å². The van der Waals surface area contributed by atoms with E-state index in [9.17, 15) is 14.9 Å². The number of rotatable bonds is 5. The van der Waals surface area contributed by atoms with Crippen LogP contribution in [0.5, 0.6) is 0 Å². The number of amidine groups is 1. The van der Waals surface area contributed by atoms with Gasteiger partial charge in [0, 0.05) is 24.4 Å². The second-order valence-corrected chi connectivity index (χ2v) is 5.14. The molecule has 19 heavy (non-hydrogen) atoms. The van der Waals surface area contributed by atoms with Crippen LogP contribution in [0, 0.1) is 10.1 Å². The van der Waals surface area contributed by atoms with Crippen molar-refractivity contribution in [1.82, 2.24) is 0 Å². The minimum absolute atomic E-state index is 0.0493. The lowest BCUT2D eigenvalue weighted by Gasteiger charge is -2.08. The standard InChI is InChI=1S/C11H12N4O3S/c12-11-14-10(16)9(19-11)5-6-13-7-1-3-8(4-2-7)15(17)18/h1-4,9,13H,5-6H2,(H2,12,14,16). The summed E-state index contributed by atoms with van der Waals surface area (Å²) in [6.07, 6.45) is 0.602. The summed E-state index contributed by atoms with van der Waals surface area (Å²) in [6.45, 7) is 0.573. The van der Waals surface area contributed by atoms with Crippen LogP contribution in [0.1, 0.15) is 6.42 Å². The third-order valence-corrected chi connectivity index (χ3v) is 3.63. The highest BCUT2D eigenvalue weighted by Gasteiger charge is 2.26. The van der Waals surface area contributed by atoms with Gasteiger partial charge in [-0.1, -0.05) is 11.8 Å². The molecule has 8 heteroatoms. The Balaban J connectivity index is 1.80. The smallest absolute Gasteiger partial charge is 0.269 e. The number of nitrogens with two attached hydrogens (primary N) is 1. The van der Waals surface area contributed by atoms with Crippen LogP contribution in [0.3, 0.4) is 0 Å². The predicted octanol–water partition coefficient (Wildman–Crippen LogP) is 1.35. The SMILES string of the molecule is NC1=NC(=O)C(CCNc2ccc([N+](=O)[O-])cc2)S1. The first kappa shape index (κ1) is 13.3. The van der Waals surface area contributed by atoms with E-state index in [1.54, 1.807) is 12.1 Å². The maximum atomic E-state index is 11.4. The van der Waals surface area contributed by atoms with Gasteiger partial charge in [-0.3, -0.25) is 14.9 Å². The van der Waals surface area contributed by atoms with Crippen LogP contribution in [0.25, 0.3) is 0 Å². The van der Waals surface area contributed by atoms with Crippen molar-refractivity contribution >= 4 is 34.2 Å². The van der Waals surface area contributed by atoms with Gasteiger partial charge in [-0.15, -0.1) is 0 Å². The number of hydrogen-bond acceptors (Lipinski definition) is 6. The van der Waals surface area contributed by atoms with E-state index in [4.69, 9.17) is 5.73 Å². The Hall–Kier alpha value is -2.09. The lowest BCUT2D eigenvalue weighted by Crippen LogP contribution is -2.16. The molecule has 2 rings (SSSR count). The van der Waals surface area contributed by atoms with E-state index in [-0.39, 0.29) is 16.8 Å². The van der Waals surface area contributed by atoms with Gasteiger partial charge in [0.05, 0.1) is 10.2 Å². The molecule has 0 spiro atoms. The van der Waals surface area contributed by atoms with E-state index in [1.807, 2.05) is 0 Å². The number of nitro benzene ring substituents is 1. The largest absolute Gasteiger partial charge is 0.385 e. The normalized spacial score (nSPS) is 18.2. The molecule has 0 saturated carbocycles. The molecular formula is C11H12N4O3S. The van der Waals surface area contributed by atoms with Crippen LogP contribution in [0.2, 0.25) is 0 Å². The van der Waals surface area contributed by atoms with Crippen molar-refractivity contribution in [3.05, 3.63) is 34.4 Å². The zero-order valence-electron chi connectivity index (χ0n) is 9.91. The lowest BCUT2D eigenvalue weighted by atomic mass is 10.2. The van der Waals surface area contributed by atoms with E-state index in [0.717, 1.165) is 5.69 Å². The fourth-order valence-electron chi connectivity index (χ4n) is 1.63. The predicted molar refractivity (Wildman–Crippen MR) is 74.2 cm³/mol. The molecule has 1 aliphatic rings. The number of thioether (sulfide) groups is 1. The Kier molecular flexibility index (Phi) is 4.00. The Morgan fingerprint density at radius 2 is 2.11 bits per heavy atom. The van der Waals surface area contributed by atoms with Gasteiger partial charge in [0.25, 0.3) is 11.6 Å². The number of nitrogens with zero attached hydrogens (tertiary/aromatic N) is 2. The first-order chi connectivity index (χ1) is 9.06.